The molecule has 0 N–H and O–H groups in total. The summed E-state index contributed by atoms with van der Waals surface area (Å²) in [6.07, 6.45) is 0.325. The third-order valence-electron chi connectivity index (χ3n) is 2.75. The molecule has 0 amide bonds. The first-order valence-corrected chi connectivity index (χ1v) is 6.50. The number of alkyl halides is 1. The molecule has 1 aromatic carbocycles. The van der Waals surface area contributed by atoms with Gasteiger partial charge < -0.3 is 4.74 Å². The molecule has 2 aromatic rings. The highest BCUT2D eigenvalue weighted by Gasteiger charge is 2.21. The SMILES string of the molecule is CCOC(=O)c1nnn(CCCF)c1-c1ccccc1. The number of ether oxygens (including phenoxy) is 1. The van der Waals surface area contributed by atoms with Crippen LogP contribution in [0.2, 0.25) is 0 Å². The van der Waals surface area contributed by atoms with Gasteiger partial charge in [-0.3, -0.25) is 4.39 Å². The fourth-order valence-electron chi connectivity index (χ4n) is 1.90. The van der Waals surface area contributed by atoms with Crippen LogP contribution in [0.1, 0.15) is 23.8 Å². The largest absolute Gasteiger partial charge is 0.461 e. The van der Waals surface area contributed by atoms with Gasteiger partial charge in [0, 0.05) is 12.1 Å². The Hall–Kier alpha value is -2.24. The van der Waals surface area contributed by atoms with Gasteiger partial charge in [-0.25, -0.2) is 9.48 Å². The first-order chi connectivity index (χ1) is 9.77. The van der Waals surface area contributed by atoms with Gasteiger partial charge in [0.15, 0.2) is 5.69 Å². The van der Waals surface area contributed by atoms with Gasteiger partial charge in [-0.2, -0.15) is 0 Å². The number of benzene rings is 1. The number of hydrogen-bond donors (Lipinski definition) is 0. The van der Waals surface area contributed by atoms with Crippen molar-refractivity contribution < 1.29 is 13.9 Å². The Balaban J connectivity index is 2.43. The molecule has 0 fully saturated rings. The summed E-state index contributed by atoms with van der Waals surface area (Å²) in [5.41, 5.74) is 1.54. The lowest BCUT2D eigenvalue weighted by Crippen LogP contribution is -2.08. The van der Waals surface area contributed by atoms with Crippen LogP contribution in [-0.4, -0.2) is 34.2 Å². The van der Waals surface area contributed by atoms with Crippen molar-refractivity contribution in [1.29, 1.82) is 0 Å². The zero-order valence-corrected chi connectivity index (χ0v) is 11.3. The van der Waals surface area contributed by atoms with Crippen LogP contribution in [0, 0.1) is 0 Å². The second-order valence-corrected chi connectivity index (χ2v) is 4.14. The van der Waals surface area contributed by atoms with E-state index >= 15 is 0 Å². The Bertz CT molecular complexity index is 569. The standard InChI is InChI=1S/C14H16FN3O2/c1-2-20-14(19)12-13(11-7-4-3-5-8-11)18(17-16-12)10-6-9-15/h3-5,7-8H,2,6,9-10H2,1H3. The van der Waals surface area contributed by atoms with Crippen molar-refractivity contribution in [1.82, 2.24) is 15.0 Å². The van der Waals surface area contributed by atoms with E-state index in [1.54, 1.807) is 11.6 Å². The van der Waals surface area contributed by atoms with E-state index in [2.05, 4.69) is 10.3 Å². The monoisotopic (exact) mass is 277 g/mol. The van der Waals surface area contributed by atoms with Gasteiger partial charge in [-0.1, -0.05) is 35.5 Å². The molecule has 0 aliphatic rings. The molecule has 0 saturated carbocycles. The molecule has 20 heavy (non-hydrogen) atoms. The summed E-state index contributed by atoms with van der Waals surface area (Å²) in [6, 6.07) is 9.30. The fraction of sp³-hybridized carbons (Fsp3) is 0.357. The number of aromatic nitrogens is 3. The van der Waals surface area contributed by atoms with Crippen LogP contribution in [0.3, 0.4) is 0 Å². The lowest BCUT2D eigenvalue weighted by molar-refractivity contribution is 0.0520. The Kier molecular flexibility index (Phi) is 4.81. The van der Waals surface area contributed by atoms with E-state index in [0.717, 1.165) is 5.56 Å². The molecule has 1 aromatic heterocycles. The van der Waals surface area contributed by atoms with E-state index in [1.165, 1.54) is 0 Å². The lowest BCUT2D eigenvalue weighted by Gasteiger charge is -2.07. The zero-order valence-electron chi connectivity index (χ0n) is 11.3. The van der Waals surface area contributed by atoms with Crippen LogP contribution >= 0.6 is 0 Å². The minimum Gasteiger partial charge on any atom is -0.461 e. The highest BCUT2D eigenvalue weighted by Crippen LogP contribution is 2.23. The van der Waals surface area contributed by atoms with E-state index < -0.39 is 12.6 Å². The number of halogens is 1. The van der Waals surface area contributed by atoms with Crippen molar-refractivity contribution in [3.63, 3.8) is 0 Å². The average molecular weight is 277 g/mol. The van der Waals surface area contributed by atoms with E-state index in [-0.39, 0.29) is 12.3 Å². The third-order valence-corrected chi connectivity index (χ3v) is 2.75. The van der Waals surface area contributed by atoms with Crippen LogP contribution in [0.25, 0.3) is 11.3 Å². The summed E-state index contributed by atoms with van der Waals surface area (Å²) >= 11 is 0. The molecule has 0 unspecified atom stereocenters. The van der Waals surface area contributed by atoms with Gasteiger partial charge in [-0.15, -0.1) is 5.10 Å². The third kappa shape index (κ3) is 3.01. The molecule has 0 atom stereocenters. The summed E-state index contributed by atoms with van der Waals surface area (Å²) in [5.74, 6) is -0.516. The predicted octanol–water partition coefficient (Wildman–Crippen LogP) is 2.48. The topological polar surface area (TPSA) is 57.0 Å². The number of carbonyl (C=O) groups excluding carboxylic acids is 1. The molecule has 0 spiro atoms. The van der Waals surface area contributed by atoms with Crippen LogP contribution in [-0.2, 0) is 11.3 Å². The second-order valence-electron chi connectivity index (χ2n) is 4.14. The van der Waals surface area contributed by atoms with Crippen molar-refractivity contribution in [2.24, 2.45) is 0 Å². The normalized spacial score (nSPS) is 10.5. The number of nitrogens with zero attached hydrogens (tertiary/aromatic N) is 3. The molecule has 6 heteroatoms. The van der Waals surface area contributed by atoms with Gasteiger partial charge in [0.1, 0.15) is 5.69 Å². The summed E-state index contributed by atoms with van der Waals surface area (Å²) in [4.78, 5) is 11.9. The Morgan fingerprint density at radius 3 is 2.75 bits per heavy atom. The number of hydrogen-bond acceptors (Lipinski definition) is 4. The smallest absolute Gasteiger partial charge is 0.361 e. The van der Waals surface area contributed by atoms with Crippen molar-refractivity contribution >= 4 is 5.97 Å². The summed E-state index contributed by atoms with van der Waals surface area (Å²) in [6.45, 7) is 1.92. The van der Waals surface area contributed by atoms with Crippen molar-refractivity contribution in [3.8, 4) is 11.3 Å². The lowest BCUT2D eigenvalue weighted by atomic mass is 10.1. The van der Waals surface area contributed by atoms with Gasteiger partial charge in [0.05, 0.1) is 13.3 Å². The highest BCUT2D eigenvalue weighted by atomic mass is 19.1. The number of esters is 1. The van der Waals surface area contributed by atoms with Gasteiger partial charge in [0.25, 0.3) is 0 Å². The van der Waals surface area contributed by atoms with E-state index in [0.29, 0.717) is 18.7 Å². The van der Waals surface area contributed by atoms with Crippen LogP contribution in [0.4, 0.5) is 4.39 Å². The molecular formula is C14H16FN3O2. The summed E-state index contributed by atoms with van der Waals surface area (Å²) in [7, 11) is 0. The zero-order chi connectivity index (χ0) is 14.4. The maximum atomic E-state index is 12.3. The highest BCUT2D eigenvalue weighted by molar-refractivity contribution is 5.94. The minimum absolute atomic E-state index is 0.164. The summed E-state index contributed by atoms with van der Waals surface area (Å²) in [5, 5.41) is 7.81. The molecule has 0 bridgehead atoms. The first-order valence-electron chi connectivity index (χ1n) is 6.50. The Morgan fingerprint density at radius 2 is 2.10 bits per heavy atom. The Labute approximate surface area is 116 Å². The quantitative estimate of drug-likeness (QED) is 0.761. The van der Waals surface area contributed by atoms with Crippen LogP contribution < -0.4 is 0 Å². The molecule has 0 radical (unpaired) electrons. The van der Waals surface area contributed by atoms with Crippen LogP contribution in [0.15, 0.2) is 30.3 Å². The van der Waals surface area contributed by atoms with E-state index in [9.17, 15) is 9.18 Å². The molecule has 0 saturated heterocycles. The molecule has 0 aliphatic carbocycles. The van der Waals surface area contributed by atoms with E-state index in [1.807, 2.05) is 30.3 Å². The molecule has 106 valence electrons. The first kappa shape index (κ1) is 14.2. The molecule has 5 nitrogen and oxygen atoms in total. The number of carbonyl (C=O) groups is 1. The van der Waals surface area contributed by atoms with Crippen molar-refractivity contribution in [3.05, 3.63) is 36.0 Å². The maximum Gasteiger partial charge on any atom is 0.361 e. The van der Waals surface area contributed by atoms with Crippen molar-refractivity contribution in [2.75, 3.05) is 13.3 Å². The van der Waals surface area contributed by atoms with E-state index in [4.69, 9.17) is 4.74 Å². The van der Waals surface area contributed by atoms with Crippen LogP contribution in [0.5, 0.6) is 0 Å². The number of rotatable bonds is 6. The number of aryl methyl sites for hydroxylation is 1. The summed E-state index contributed by atoms with van der Waals surface area (Å²) < 4.78 is 18.9. The maximum absolute atomic E-state index is 12.3. The fourth-order valence-corrected chi connectivity index (χ4v) is 1.90. The molecule has 1 heterocycles. The van der Waals surface area contributed by atoms with Gasteiger partial charge >= 0.3 is 5.97 Å². The molecule has 2 rings (SSSR count). The second kappa shape index (κ2) is 6.79. The van der Waals surface area contributed by atoms with Gasteiger partial charge in [-0.05, 0) is 13.3 Å². The Morgan fingerprint density at radius 1 is 1.35 bits per heavy atom. The average Bonchev–Trinajstić information content (AvgIpc) is 2.90. The van der Waals surface area contributed by atoms with Gasteiger partial charge in [0.2, 0.25) is 0 Å². The van der Waals surface area contributed by atoms with Crippen molar-refractivity contribution in [2.45, 2.75) is 19.9 Å². The minimum atomic E-state index is -0.516. The molecule has 0 aliphatic heterocycles. The molecular weight excluding hydrogens is 261 g/mol. The predicted molar refractivity (Wildman–Crippen MR) is 72.0 cm³/mol.